The maximum absolute atomic E-state index is 12.4. The van der Waals surface area contributed by atoms with Gasteiger partial charge in [-0.1, -0.05) is 17.8 Å². The lowest BCUT2D eigenvalue weighted by Crippen LogP contribution is -2.27. The molecule has 2 aromatic rings. The SMILES string of the molecule is CCN(C)C(=N)c1cc(C)c(Sc2cccc(OC(F)F)c2)cc1C. The highest BCUT2D eigenvalue weighted by Crippen LogP contribution is 2.34. The summed E-state index contributed by atoms with van der Waals surface area (Å²) in [5.74, 6) is 0.643. The molecule has 0 aliphatic rings. The minimum Gasteiger partial charge on any atom is -0.435 e. The van der Waals surface area contributed by atoms with Gasteiger partial charge < -0.3 is 9.64 Å². The van der Waals surface area contributed by atoms with Crippen LogP contribution in [0.5, 0.6) is 5.75 Å². The number of halogens is 2. The lowest BCUT2D eigenvalue weighted by molar-refractivity contribution is -0.0499. The smallest absolute Gasteiger partial charge is 0.387 e. The monoisotopic (exact) mass is 364 g/mol. The zero-order valence-electron chi connectivity index (χ0n) is 14.8. The minimum absolute atomic E-state index is 0.150. The second kappa shape index (κ2) is 8.34. The minimum atomic E-state index is -2.83. The Hall–Kier alpha value is -2.08. The average Bonchev–Trinajstić information content (AvgIpc) is 2.56. The molecule has 0 radical (unpaired) electrons. The van der Waals surface area contributed by atoms with Crippen molar-refractivity contribution in [2.24, 2.45) is 0 Å². The number of aryl methyl sites for hydroxylation is 2. The van der Waals surface area contributed by atoms with Crippen LogP contribution in [0.15, 0.2) is 46.2 Å². The Morgan fingerprint density at radius 1 is 1.20 bits per heavy atom. The van der Waals surface area contributed by atoms with Gasteiger partial charge in [0.05, 0.1) is 0 Å². The second-order valence-electron chi connectivity index (χ2n) is 5.75. The lowest BCUT2D eigenvalue weighted by Gasteiger charge is -2.20. The van der Waals surface area contributed by atoms with Gasteiger partial charge in [0.15, 0.2) is 0 Å². The van der Waals surface area contributed by atoms with Gasteiger partial charge >= 0.3 is 6.61 Å². The highest BCUT2D eigenvalue weighted by Gasteiger charge is 2.13. The summed E-state index contributed by atoms with van der Waals surface area (Å²) in [4.78, 5) is 3.75. The summed E-state index contributed by atoms with van der Waals surface area (Å²) < 4.78 is 29.2. The Morgan fingerprint density at radius 2 is 1.92 bits per heavy atom. The number of nitrogens with zero attached hydrogens (tertiary/aromatic N) is 1. The molecule has 0 aromatic heterocycles. The first-order valence-electron chi connectivity index (χ1n) is 7.95. The van der Waals surface area contributed by atoms with E-state index in [-0.39, 0.29) is 5.75 Å². The van der Waals surface area contributed by atoms with Crippen LogP contribution < -0.4 is 4.74 Å². The van der Waals surface area contributed by atoms with Crippen LogP contribution in [-0.4, -0.2) is 30.9 Å². The summed E-state index contributed by atoms with van der Waals surface area (Å²) in [6.45, 7) is 3.92. The van der Waals surface area contributed by atoms with Crippen molar-refractivity contribution in [3.63, 3.8) is 0 Å². The standard InChI is InChI=1S/C19H22F2N2OS/c1-5-23(4)18(22)16-9-13(3)17(10-12(16)2)25-15-8-6-7-14(11-15)24-19(20)21/h6-11,19,22H,5H2,1-4H3. The molecule has 3 nitrogen and oxygen atoms in total. The molecule has 0 amide bonds. The van der Waals surface area contributed by atoms with E-state index < -0.39 is 6.61 Å². The van der Waals surface area contributed by atoms with Crippen molar-refractivity contribution in [3.05, 3.63) is 53.1 Å². The van der Waals surface area contributed by atoms with E-state index in [2.05, 4.69) is 4.74 Å². The molecule has 0 unspecified atom stereocenters. The zero-order valence-corrected chi connectivity index (χ0v) is 15.6. The first kappa shape index (κ1) is 19.2. The van der Waals surface area contributed by atoms with Crippen molar-refractivity contribution in [2.75, 3.05) is 13.6 Å². The molecular formula is C19H22F2N2OS. The largest absolute Gasteiger partial charge is 0.435 e. The molecule has 0 saturated carbocycles. The van der Waals surface area contributed by atoms with E-state index in [9.17, 15) is 8.78 Å². The van der Waals surface area contributed by atoms with Crippen LogP contribution in [0, 0.1) is 19.3 Å². The third kappa shape index (κ3) is 4.95. The highest BCUT2D eigenvalue weighted by atomic mass is 32.2. The van der Waals surface area contributed by atoms with Crippen LogP contribution in [0.4, 0.5) is 8.78 Å². The maximum atomic E-state index is 12.4. The molecule has 0 heterocycles. The van der Waals surface area contributed by atoms with Crippen LogP contribution >= 0.6 is 11.8 Å². The fraction of sp³-hybridized carbons (Fsp3) is 0.316. The molecule has 0 atom stereocenters. The first-order chi connectivity index (χ1) is 11.8. The molecule has 0 aliphatic heterocycles. The van der Waals surface area contributed by atoms with Crippen molar-refractivity contribution in [3.8, 4) is 5.75 Å². The summed E-state index contributed by atoms with van der Waals surface area (Å²) in [5.41, 5.74) is 2.96. The van der Waals surface area contributed by atoms with Gasteiger partial charge in [-0.05, 0) is 62.2 Å². The maximum Gasteiger partial charge on any atom is 0.387 e. The van der Waals surface area contributed by atoms with Crippen molar-refractivity contribution in [1.29, 1.82) is 5.41 Å². The predicted molar refractivity (Wildman–Crippen MR) is 98.2 cm³/mol. The van der Waals surface area contributed by atoms with Gasteiger partial charge in [0.2, 0.25) is 0 Å². The number of nitrogens with one attached hydrogen (secondary N) is 1. The Bertz CT molecular complexity index is 765. The van der Waals surface area contributed by atoms with E-state index in [1.54, 1.807) is 12.1 Å². The third-order valence-corrected chi connectivity index (χ3v) is 5.04. The van der Waals surface area contributed by atoms with Crippen molar-refractivity contribution >= 4 is 17.6 Å². The van der Waals surface area contributed by atoms with E-state index >= 15 is 0 Å². The first-order valence-corrected chi connectivity index (χ1v) is 8.77. The number of amidine groups is 1. The Kier molecular flexibility index (Phi) is 6.42. The Labute approximate surface area is 151 Å². The topological polar surface area (TPSA) is 36.3 Å². The normalized spacial score (nSPS) is 10.8. The van der Waals surface area contributed by atoms with E-state index in [4.69, 9.17) is 5.41 Å². The fourth-order valence-electron chi connectivity index (χ4n) is 2.36. The van der Waals surface area contributed by atoms with Gasteiger partial charge in [-0.15, -0.1) is 0 Å². The fourth-order valence-corrected chi connectivity index (χ4v) is 3.39. The van der Waals surface area contributed by atoms with Crippen molar-refractivity contribution < 1.29 is 13.5 Å². The number of hydrogen-bond acceptors (Lipinski definition) is 3. The number of benzene rings is 2. The van der Waals surface area contributed by atoms with Crippen LogP contribution in [-0.2, 0) is 0 Å². The molecular weight excluding hydrogens is 342 g/mol. The van der Waals surface area contributed by atoms with E-state index in [1.807, 2.05) is 50.9 Å². The van der Waals surface area contributed by atoms with Crippen LogP contribution in [0.1, 0.15) is 23.6 Å². The number of alkyl halides is 2. The summed E-state index contributed by atoms with van der Waals surface area (Å²) in [6.07, 6.45) is 0. The molecule has 1 N–H and O–H groups in total. The lowest BCUT2D eigenvalue weighted by atomic mass is 10.0. The van der Waals surface area contributed by atoms with Crippen LogP contribution in [0.2, 0.25) is 0 Å². The molecule has 0 saturated heterocycles. The summed E-state index contributed by atoms with van der Waals surface area (Å²) in [5, 5.41) is 8.29. The Morgan fingerprint density at radius 3 is 2.56 bits per heavy atom. The molecule has 0 fully saturated rings. The zero-order chi connectivity index (χ0) is 18.6. The molecule has 0 bridgehead atoms. The van der Waals surface area contributed by atoms with Crippen molar-refractivity contribution in [1.82, 2.24) is 4.90 Å². The Balaban J connectivity index is 2.26. The number of rotatable bonds is 6. The van der Waals surface area contributed by atoms with Crippen molar-refractivity contribution in [2.45, 2.75) is 37.2 Å². The molecule has 134 valence electrons. The summed E-state index contributed by atoms with van der Waals surface area (Å²) >= 11 is 1.50. The van der Waals surface area contributed by atoms with Crippen LogP contribution in [0.3, 0.4) is 0 Å². The van der Waals surface area contributed by atoms with Crippen LogP contribution in [0.25, 0.3) is 0 Å². The molecule has 2 aromatic carbocycles. The van der Waals surface area contributed by atoms with Gasteiger partial charge in [-0.2, -0.15) is 8.78 Å². The van der Waals surface area contributed by atoms with E-state index in [0.717, 1.165) is 33.0 Å². The third-order valence-electron chi connectivity index (χ3n) is 3.89. The van der Waals surface area contributed by atoms with Gasteiger partial charge in [-0.3, -0.25) is 5.41 Å². The van der Waals surface area contributed by atoms with Gasteiger partial charge in [0.25, 0.3) is 0 Å². The number of hydrogen-bond donors (Lipinski definition) is 1. The van der Waals surface area contributed by atoms with Gasteiger partial charge in [-0.25, -0.2) is 0 Å². The number of ether oxygens (including phenoxy) is 1. The van der Waals surface area contributed by atoms with E-state index in [1.165, 1.54) is 17.8 Å². The molecule has 0 spiro atoms. The second-order valence-corrected chi connectivity index (χ2v) is 6.87. The van der Waals surface area contributed by atoms with E-state index in [0.29, 0.717) is 5.84 Å². The molecule has 25 heavy (non-hydrogen) atoms. The highest BCUT2D eigenvalue weighted by molar-refractivity contribution is 7.99. The summed E-state index contributed by atoms with van der Waals surface area (Å²) in [6, 6.07) is 10.7. The molecule has 0 aliphatic carbocycles. The molecule has 6 heteroatoms. The van der Waals surface area contributed by atoms with Gasteiger partial charge in [0.1, 0.15) is 11.6 Å². The summed E-state index contributed by atoms with van der Waals surface area (Å²) in [7, 11) is 1.90. The predicted octanol–water partition coefficient (Wildman–Crippen LogP) is 5.33. The van der Waals surface area contributed by atoms with Gasteiger partial charge in [0, 0.05) is 28.9 Å². The molecule has 2 rings (SSSR count). The quantitative estimate of drug-likeness (QED) is 0.556. The average molecular weight is 364 g/mol.